The van der Waals surface area contributed by atoms with Gasteiger partial charge in [-0.25, -0.2) is 4.39 Å². The molecule has 0 saturated heterocycles. The summed E-state index contributed by atoms with van der Waals surface area (Å²) in [5.41, 5.74) is 0.322. The van der Waals surface area contributed by atoms with Gasteiger partial charge in [0.05, 0.1) is 13.0 Å². The highest BCUT2D eigenvalue weighted by atomic mass is 19.1. The van der Waals surface area contributed by atoms with Crippen molar-refractivity contribution in [1.29, 1.82) is 0 Å². The van der Waals surface area contributed by atoms with Crippen LogP contribution in [0.5, 0.6) is 0 Å². The Morgan fingerprint density at radius 2 is 1.84 bits per heavy atom. The van der Waals surface area contributed by atoms with Crippen molar-refractivity contribution >= 4 is 11.8 Å². The Hall–Kier alpha value is -1.91. The molecule has 2 amide bonds. The molecule has 0 aliphatic rings. The SMILES string of the molecule is CC(C)CNC(=O)CNC(=O)Cc1ccccc1F. The highest BCUT2D eigenvalue weighted by Crippen LogP contribution is 2.06. The summed E-state index contributed by atoms with van der Waals surface area (Å²) in [5, 5.41) is 5.15. The molecule has 1 rings (SSSR count). The molecule has 1 aromatic carbocycles. The van der Waals surface area contributed by atoms with Crippen LogP contribution < -0.4 is 10.6 Å². The van der Waals surface area contributed by atoms with E-state index >= 15 is 0 Å². The van der Waals surface area contributed by atoms with E-state index in [0.717, 1.165) is 0 Å². The summed E-state index contributed by atoms with van der Waals surface area (Å²) in [5.74, 6) is -0.666. The molecule has 0 unspecified atom stereocenters. The molecular weight excluding hydrogens is 247 g/mol. The summed E-state index contributed by atoms with van der Waals surface area (Å²) in [4.78, 5) is 22.9. The van der Waals surface area contributed by atoms with Gasteiger partial charge in [0.2, 0.25) is 11.8 Å². The Morgan fingerprint density at radius 3 is 2.47 bits per heavy atom. The molecule has 0 aliphatic heterocycles. The molecule has 4 nitrogen and oxygen atoms in total. The van der Waals surface area contributed by atoms with Crippen molar-refractivity contribution in [3.8, 4) is 0 Å². The van der Waals surface area contributed by atoms with E-state index in [4.69, 9.17) is 0 Å². The van der Waals surface area contributed by atoms with Crippen LogP contribution in [0, 0.1) is 11.7 Å². The van der Waals surface area contributed by atoms with E-state index in [2.05, 4.69) is 10.6 Å². The van der Waals surface area contributed by atoms with E-state index in [-0.39, 0.29) is 24.8 Å². The zero-order valence-corrected chi connectivity index (χ0v) is 11.2. The minimum Gasteiger partial charge on any atom is -0.354 e. The molecule has 0 bridgehead atoms. The fraction of sp³-hybridized carbons (Fsp3) is 0.429. The summed E-state index contributed by atoms with van der Waals surface area (Å²) in [6, 6.07) is 6.09. The van der Waals surface area contributed by atoms with Crippen LogP contribution in [0.3, 0.4) is 0 Å². The van der Waals surface area contributed by atoms with Gasteiger partial charge in [0.1, 0.15) is 5.82 Å². The molecule has 0 heterocycles. The van der Waals surface area contributed by atoms with Crippen LogP contribution in [0.2, 0.25) is 0 Å². The molecule has 0 atom stereocenters. The first kappa shape index (κ1) is 15.1. The van der Waals surface area contributed by atoms with E-state index in [1.807, 2.05) is 13.8 Å². The summed E-state index contributed by atoms with van der Waals surface area (Å²) in [6.07, 6.45) is -0.0653. The van der Waals surface area contributed by atoms with Crippen LogP contribution in [0.4, 0.5) is 4.39 Å². The van der Waals surface area contributed by atoms with Crippen molar-refractivity contribution in [2.24, 2.45) is 5.92 Å². The van der Waals surface area contributed by atoms with E-state index in [0.29, 0.717) is 18.0 Å². The van der Waals surface area contributed by atoms with Gasteiger partial charge in [0.15, 0.2) is 0 Å². The molecule has 19 heavy (non-hydrogen) atoms. The van der Waals surface area contributed by atoms with Crippen molar-refractivity contribution in [1.82, 2.24) is 10.6 Å². The molecule has 5 heteroatoms. The van der Waals surface area contributed by atoms with Crippen molar-refractivity contribution in [2.45, 2.75) is 20.3 Å². The Kier molecular flexibility index (Phi) is 5.99. The fourth-order valence-electron chi connectivity index (χ4n) is 1.44. The topological polar surface area (TPSA) is 58.2 Å². The minimum atomic E-state index is -0.415. The first-order chi connectivity index (χ1) is 8.99. The van der Waals surface area contributed by atoms with Gasteiger partial charge in [-0.2, -0.15) is 0 Å². The lowest BCUT2D eigenvalue weighted by molar-refractivity contribution is -0.125. The van der Waals surface area contributed by atoms with Crippen molar-refractivity contribution in [3.05, 3.63) is 35.6 Å². The lowest BCUT2D eigenvalue weighted by Gasteiger charge is -2.09. The van der Waals surface area contributed by atoms with Crippen LogP contribution in [0.25, 0.3) is 0 Å². The standard InChI is InChI=1S/C14H19FN2O2/c1-10(2)8-16-14(19)9-17-13(18)7-11-5-3-4-6-12(11)15/h3-6,10H,7-9H2,1-2H3,(H,16,19)(H,17,18). The maximum Gasteiger partial charge on any atom is 0.239 e. The van der Waals surface area contributed by atoms with Crippen LogP contribution in [-0.4, -0.2) is 24.9 Å². The number of carbonyl (C=O) groups excluding carboxylic acids is 2. The van der Waals surface area contributed by atoms with E-state index in [9.17, 15) is 14.0 Å². The molecule has 2 N–H and O–H groups in total. The van der Waals surface area contributed by atoms with E-state index < -0.39 is 5.82 Å². The number of hydrogen-bond donors (Lipinski definition) is 2. The molecule has 0 saturated carbocycles. The van der Waals surface area contributed by atoms with Crippen molar-refractivity contribution in [2.75, 3.05) is 13.1 Å². The zero-order chi connectivity index (χ0) is 14.3. The molecule has 0 spiro atoms. The maximum atomic E-state index is 13.3. The highest BCUT2D eigenvalue weighted by molar-refractivity contribution is 5.85. The van der Waals surface area contributed by atoms with Gasteiger partial charge in [-0.3, -0.25) is 9.59 Å². The Labute approximate surface area is 112 Å². The fourth-order valence-corrected chi connectivity index (χ4v) is 1.44. The molecule has 1 aromatic rings. The Bertz CT molecular complexity index is 447. The third kappa shape index (κ3) is 5.99. The first-order valence-electron chi connectivity index (χ1n) is 6.26. The van der Waals surface area contributed by atoms with Crippen LogP contribution in [-0.2, 0) is 16.0 Å². The highest BCUT2D eigenvalue weighted by Gasteiger charge is 2.09. The summed E-state index contributed by atoms with van der Waals surface area (Å²) < 4.78 is 13.3. The minimum absolute atomic E-state index is 0.0653. The molecule has 0 fully saturated rings. The van der Waals surface area contributed by atoms with Crippen LogP contribution in [0.15, 0.2) is 24.3 Å². The molecule has 104 valence electrons. The second-order valence-electron chi connectivity index (χ2n) is 4.74. The van der Waals surface area contributed by atoms with Gasteiger partial charge in [0.25, 0.3) is 0 Å². The molecule has 0 aliphatic carbocycles. The summed E-state index contributed by atoms with van der Waals surface area (Å²) >= 11 is 0. The lowest BCUT2D eigenvalue weighted by atomic mass is 10.1. The smallest absolute Gasteiger partial charge is 0.239 e. The van der Waals surface area contributed by atoms with Crippen molar-refractivity contribution < 1.29 is 14.0 Å². The van der Waals surface area contributed by atoms with Crippen molar-refractivity contribution in [3.63, 3.8) is 0 Å². The van der Waals surface area contributed by atoms with Gasteiger partial charge in [-0.1, -0.05) is 32.0 Å². The van der Waals surface area contributed by atoms with Gasteiger partial charge >= 0.3 is 0 Å². The summed E-state index contributed by atoms with van der Waals surface area (Å²) in [7, 11) is 0. The third-order valence-corrected chi connectivity index (χ3v) is 2.46. The summed E-state index contributed by atoms with van der Waals surface area (Å²) in [6.45, 7) is 4.45. The van der Waals surface area contributed by atoms with Crippen LogP contribution in [0.1, 0.15) is 19.4 Å². The Balaban J connectivity index is 2.32. The lowest BCUT2D eigenvalue weighted by Crippen LogP contribution is -2.38. The zero-order valence-electron chi connectivity index (χ0n) is 11.2. The predicted octanol–water partition coefficient (Wildman–Crippen LogP) is 1.26. The number of amides is 2. The Morgan fingerprint density at radius 1 is 1.16 bits per heavy atom. The maximum absolute atomic E-state index is 13.3. The predicted molar refractivity (Wildman–Crippen MR) is 71.0 cm³/mol. The van der Waals surface area contributed by atoms with Gasteiger partial charge in [-0.05, 0) is 17.5 Å². The normalized spacial score (nSPS) is 10.3. The molecule has 0 radical (unpaired) electrons. The molecular formula is C14H19FN2O2. The number of benzene rings is 1. The van der Waals surface area contributed by atoms with E-state index in [1.165, 1.54) is 6.07 Å². The number of hydrogen-bond acceptors (Lipinski definition) is 2. The van der Waals surface area contributed by atoms with Gasteiger partial charge < -0.3 is 10.6 Å². The second-order valence-corrected chi connectivity index (χ2v) is 4.74. The average molecular weight is 266 g/mol. The monoisotopic (exact) mass is 266 g/mol. The van der Waals surface area contributed by atoms with Gasteiger partial charge in [0, 0.05) is 6.54 Å². The average Bonchev–Trinajstić information content (AvgIpc) is 2.36. The first-order valence-corrected chi connectivity index (χ1v) is 6.26. The number of nitrogens with one attached hydrogen (secondary N) is 2. The number of carbonyl (C=O) groups is 2. The number of halogens is 1. The quantitative estimate of drug-likeness (QED) is 0.814. The van der Waals surface area contributed by atoms with Crippen LogP contribution >= 0.6 is 0 Å². The molecule has 0 aromatic heterocycles. The third-order valence-electron chi connectivity index (χ3n) is 2.46. The largest absolute Gasteiger partial charge is 0.354 e. The number of rotatable bonds is 6. The second kappa shape index (κ2) is 7.51. The van der Waals surface area contributed by atoms with E-state index in [1.54, 1.807) is 18.2 Å². The van der Waals surface area contributed by atoms with Gasteiger partial charge in [-0.15, -0.1) is 0 Å².